The molecule has 0 aromatic heterocycles. The number of benzene rings is 2. The molecule has 4 rings (SSSR count). The van der Waals surface area contributed by atoms with Gasteiger partial charge < -0.3 is 19.5 Å². The second-order valence-corrected chi connectivity index (χ2v) is 16.8. The summed E-state index contributed by atoms with van der Waals surface area (Å²) in [5.41, 5.74) is 1.97. The van der Waals surface area contributed by atoms with Crippen molar-refractivity contribution in [3.05, 3.63) is 71.5 Å². The number of rotatable bonds is 16. The molecule has 14 nitrogen and oxygen atoms in total. The van der Waals surface area contributed by atoms with E-state index in [0.717, 1.165) is 0 Å². The number of ether oxygens (including phenoxy) is 2. The van der Waals surface area contributed by atoms with Crippen molar-refractivity contribution >= 4 is 47.4 Å². The molecule has 0 fully saturated rings. The Hall–Kier alpha value is -3.00. The van der Waals surface area contributed by atoms with Gasteiger partial charge in [-0.1, -0.05) is 6.08 Å². The highest BCUT2D eigenvalue weighted by Crippen LogP contribution is 2.51. The fourth-order valence-corrected chi connectivity index (χ4v) is 8.34. The number of fused-ring (bicyclic) bond motifs is 2. The van der Waals surface area contributed by atoms with Crippen molar-refractivity contribution in [3.63, 3.8) is 0 Å². The Kier molecular flexibility index (Phi) is 11.6. The number of hydrogen-bond acceptors (Lipinski definition) is 10. The monoisotopic (exact) mass is 743 g/mol. The Morgan fingerprint density at radius 1 is 0.837 bits per heavy atom. The van der Waals surface area contributed by atoms with E-state index in [1.807, 2.05) is 35.5 Å². The van der Waals surface area contributed by atoms with Crippen molar-refractivity contribution in [2.24, 2.45) is 0 Å². The predicted molar refractivity (Wildman–Crippen MR) is 183 cm³/mol. The Bertz CT molecular complexity index is 2010. The van der Waals surface area contributed by atoms with Gasteiger partial charge in [0.05, 0.1) is 27.6 Å². The van der Waals surface area contributed by atoms with Crippen molar-refractivity contribution in [3.8, 4) is 0 Å². The number of methoxy groups -OCH3 is 2. The molecule has 2 unspecified atom stereocenters. The summed E-state index contributed by atoms with van der Waals surface area (Å²) >= 11 is 0. The van der Waals surface area contributed by atoms with Crippen LogP contribution < -0.4 is 4.90 Å². The maximum Gasteiger partial charge on any atom is 0.294 e. The van der Waals surface area contributed by atoms with Gasteiger partial charge in [0.15, 0.2) is 12.3 Å². The third-order valence-corrected chi connectivity index (χ3v) is 11.8. The van der Waals surface area contributed by atoms with E-state index in [9.17, 15) is 44.0 Å². The summed E-state index contributed by atoms with van der Waals surface area (Å²) < 4.78 is 113. The lowest BCUT2D eigenvalue weighted by Crippen LogP contribution is -2.33. The summed E-state index contributed by atoms with van der Waals surface area (Å²) in [6, 6.07) is 8.51. The summed E-state index contributed by atoms with van der Waals surface area (Å²) in [5, 5.41) is 10.0. The highest BCUT2D eigenvalue weighted by molar-refractivity contribution is 7.86. The zero-order valence-electron chi connectivity index (χ0n) is 27.7. The van der Waals surface area contributed by atoms with Gasteiger partial charge in [0.25, 0.3) is 30.4 Å². The lowest BCUT2D eigenvalue weighted by Gasteiger charge is -2.30. The molecule has 0 saturated carbocycles. The smallest absolute Gasteiger partial charge is 0.294 e. The van der Waals surface area contributed by atoms with Crippen LogP contribution in [0.4, 0.5) is 11.4 Å². The van der Waals surface area contributed by atoms with E-state index < -0.39 is 46.9 Å². The first-order valence-corrected chi connectivity index (χ1v) is 19.9. The van der Waals surface area contributed by atoms with E-state index in [-0.39, 0.29) is 42.4 Å². The zero-order valence-corrected chi connectivity index (χ0v) is 30.2. The molecule has 4 N–H and O–H groups in total. The number of allylic oxidation sites excluding steroid dienone is 4. The molecule has 0 saturated heterocycles. The minimum Gasteiger partial charge on any atom is -0.395 e. The first kappa shape index (κ1) is 38.8. The van der Waals surface area contributed by atoms with Crippen LogP contribution in [0.3, 0.4) is 0 Å². The van der Waals surface area contributed by atoms with Crippen LogP contribution in [0.15, 0.2) is 70.1 Å². The number of anilines is 1. The van der Waals surface area contributed by atoms with Gasteiger partial charge in [0.2, 0.25) is 5.69 Å². The SMILES string of the molecule is COCC[N+]1=C(/C=C/C=C2/N(CCO)c3ccc(S(=O)(=O)O)cc3C2(C)CCOC)C(C)(CCCS(=O)(=O)O)c2cc(S(=O)(=O)O)ccc21. The molecule has 2 atom stereocenters. The highest BCUT2D eigenvalue weighted by Gasteiger charge is 2.48. The molecule has 2 aromatic carbocycles. The second-order valence-electron chi connectivity index (χ2n) is 12.4. The average Bonchev–Trinajstić information content (AvgIpc) is 3.38. The van der Waals surface area contributed by atoms with Crippen molar-refractivity contribution in [1.82, 2.24) is 0 Å². The van der Waals surface area contributed by atoms with Crippen molar-refractivity contribution < 1.29 is 58.1 Å². The molecule has 2 aromatic rings. The first-order chi connectivity index (χ1) is 22.8. The van der Waals surface area contributed by atoms with E-state index in [0.29, 0.717) is 53.5 Å². The van der Waals surface area contributed by atoms with Gasteiger partial charge in [-0.15, -0.1) is 0 Å². The lowest BCUT2D eigenvalue weighted by molar-refractivity contribution is -0.441. The van der Waals surface area contributed by atoms with Gasteiger partial charge in [0.1, 0.15) is 6.61 Å². The molecule has 0 aliphatic carbocycles. The van der Waals surface area contributed by atoms with Gasteiger partial charge in [-0.2, -0.15) is 29.8 Å². The topological polar surface area (TPSA) is 208 Å². The largest absolute Gasteiger partial charge is 0.395 e. The normalized spacial score (nSPS) is 22.0. The molecule has 0 bridgehead atoms. The Morgan fingerprint density at radius 2 is 1.45 bits per heavy atom. The Balaban J connectivity index is 1.91. The molecule has 0 spiro atoms. The van der Waals surface area contributed by atoms with Gasteiger partial charge >= 0.3 is 0 Å². The first-order valence-electron chi connectivity index (χ1n) is 15.4. The van der Waals surface area contributed by atoms with Gasteiger partial charge in [0, 0.05) is 61.9 Å². The molecule has 270 valence electrons. The van der Waals surface area contributed by atoms with Gasteiger partial charge in [-0.25, -0.2) is 0 Å². The minimum atomic E-state index is -4.57. The Morgan fingerprint density at radius 3 is 2.02 bits per heavy atom. The van der Waals surface area contributed by atoms with Crippen LogP contribution in [0.5, 0.6) is 0 Å². The molecule has 2 aliphatic heterocycles. The molecule has 0 radical (unpaired) electrons. The highest BCUT2D eigenvalue weighted by atomic mass is 32.2. The van der Waals surface area contributed by atoms with Crippen LogP contribution in [0.1, 0.15) is 44.2 Å². The van der Waals surface area contributed by atoms with E-state index in [4.69, 9.17) is 9.47 Å². The number of aliphatic hydroxyl groups is 1. The molecular formula is C32H43N2O12S3+. The summed E-state index contributed by atoms with van der Waals surface area (Å²) in [6.45, 7) is 4.62. The number of hydrogen-bond donors (Lipinski definition) is 4. The maximum atomic E-state index is 12.1. The molecule has 17 heteroatoms. The third-order valence-electron chi connectivity index (χ3n) is 9.25. The van der Waals surface area contributed by atoms with E-state index >= 15 is 0 Å². The number of aliphatic hydroxyl groups excluding tert-OH is 1. The number of β-amino-alcohol motifs (C(OH)–C–C–N with tert-alkyl or cyclic N) is 1. The number of nitrogens with zero attached hydrogens (tertiary/aromatic N) is 2. The van der Waals surface area contributed by atoms with E-state index in [1.165, 1.54) is 31.4 Å². The third kappa shape index (κ3) is 8.16. The average molecular weight is 744 g/mol. The fourth-order valence-electron chi connectivity index (χ4n) is 6.82. The summed E-state index contributed by atoms with van der Waals surface area (Å²) in [5.74, 6) is -0.521. The second kappa shape index (κ2) is 14.7. The standard InChI is InChI=1S/C32H42N2O12S3/c1-31(13-6-20-47(36,37)38)25-21-23(48(39,40)41)10-12-28(25)34(16-19-46-4)29(31)7-5-8-30-32(2,14-18-45-3)26-22-24(49(42,43)44)9-11-27(26)33(30)15-17-35/h5,7-12,21-22,35H,6,13-20H2,1-4H3,(H2-,36,37,38,39,40,41,42,43,44)/p+1. The van der Waals surface area contributed by atoms with Crippen LogP contribution in [0, 0.1) is 0 Å². The van der Waals surface area contributed by atoms with Crippen molar-refractivity contribution in [2.75, 3.05) is 57.8 Å². The van der Waals surface area contributed by atoms with Crippen LogP contribution >= 0.6 is 0 Å². The summed E-state index contributed by atoms with van der Waals surface area (Å²) in [7, 11) is -10.3. The summed E-state index contributed by atoms with van der Waals surface area (Å²) in [6.07, 6.45) is 6.04. The lowest BCUT2D eigenvalue weighted by atomic mass is 9.75. The molecular weight excluding hydrogens is 701 g/mol. The minimum absolute atomic E-state index is 0.0339. The maximum absolute atomic E-state index is 12.1. The van der Waals surface area contributed by atoms with Gasteiger partial charge in [-0.05, 0) is 75.1 Å². The molecule has 2 heterocycles. The van der Waals surface area contributed by atoms with Crippen LogP contribution in [-0.4, -0.2) is 107 Å². The van der Waals surface area contributed by atoms with E-state index in [2.05, 4.69) is 0 Å². The quantitative estimate of drug-likeness (QED) is 0.144. The predicted octanol–water partition coefficient (Wildman–Crippen LogP) is 3.10. The molecule has 0 amide bonds. The molecule has 2 aliphatic rings. The van der Waals surface area contributed by atoms with Crippen LogP contribution in [0.2, 0.25) is 0 Å². The van der Waals surface area contributed by atoms with Crippen molar-refractivity contribution in [2.45, 2.75) is 53.7 Å². The van der Waals surface area contributed by atoms with E-state index in [1.54, 1.807) is 25.3 Å². The summed E-state index contributed by atoms with van der Waals surface area (Å²) in [4.78, 5) is 1.27. The van der Waals surface area contributed by atoms with Crippen LogP contribution in [0.25, 0.3) is 0 Å². The van der Waals surface area contributed by atoms with Crippen LogP contribution in [-0.2, 0) is 50.7 Å². The fraction of sp³-hybridized carbons (Fsp3) is 0.469. The van der Waals surface area contributed by atoms with Gasteiger partial charge in [-0.3, -0.25) is 13.7 Å². The zero-order chi connectivity index (χ0) is 36.4. The Labute approximate surface area is 287 Å². The molecule has 49 heavy (non-hydrogen) atoms. The van der Waals surface area contributed by atoms with Crippen molar-refractivity contribution in [1.29, 1.82) is 0 Å².